The number of para-hydroxylation sites is 3. The van der Waals surface area contributed by atoms with Crippen LogP contribution in [0, 0.1) is 13.8 Å². The standard InChI is InChI=1S/C52H48N4OS/c1-32-25-35(52(6,7)8)26-33(2)50(32)55-31-54(42-18-12-13-19-43(42)55)45-29-37(30-47-49(45)40-16-10-14-20-46(40)58-47)57-36-21-22-39-38-15-9-11-17-41(38)56(44(39)28-36)48-27-34(23-24-53-48)51(3,4)5/h9-30H,31H2,1-8H3. The van der Waals surface area contributed by atoms with Crippen LogP contribution in [0.3, 0.4) is 0 Å². The maximum Gasteiger partial charge on any atom is 0.137 e. The first-order chi connectivity index (χ1) is 27.8. The van der Waals surface area contributed by atoms with E-state index in [4.69, 9.17) is 9.72 Å². The van der Waals surface area contributed by atoms with Crippen molar-refractivity contribution in [2.45, 2.75) is 66.2 Å². The van der Waals surface area contributed by atoms with E-state index >= 15 is 0 Å². The van der Waals surface area contributed by atoms with Crippen LogP contribution >= 0.6 is 11.3 Å². The lowest BCUT2D eigenvalue weighted by atomic mass is 9.84. The summed E-state index contributed by atoms with van der Waals surface area (Å²) in [6, 6.07) is 46.2. The Hall–Kier alpha value is -6.11. The molecule has 6 heteroatoms. The third-order valence-corrected chi connectivity index (χ3v) is 12.9. The minimum atomic E-state index is -0.00486. The maximum absolute atomic E-state index is 6.97. The van der Waals surface area contributed by atoms with Gasteiger partial charge < -0.3 is 14.5 Å². The van der Waals surface area contributed by atoms with E-state index in [1.54, 1.807) is 0 Å². The van der Waals surface area contributed by atoms with Crippen LogP contribution < -0.4 is 14.5 Å². The van der Waals surface area contributed by atoms with Gasteiger partial charge in [0, 0.05) is 55.0 Å². The van der Waals surface area contributed by atoms with Gasteiger partial charge in [0.25, 0.3) is 0 Å². The van der Waals surface area contributed by atoms with Crippen LogP contribution in [0.15, 0.2) is 134 Å². The van der Waals surface area contributed by atoms with E-state index in [1.807, 2.05) is 17.5 Å². The van der Waals surface area contributed by atoms with E-state index in [2.05, 4.69) is 197 Å². The van der Waals surface area contributed by atoms with Crippen LogP contribution in [-0.2, 0) is 10.8 Å². The molecule has 1 aliphatic rings. The molecule has 5 nitrogen and oxygen atoms in total. The number of hydrogen-bond donors (Lipinski definition) is 0. The molecule has 0 spiro atoms. The zero-order chi connectivity index (χ0) is 40.1. The van der Waals surface area contributed by atoms with E-state index in [1.165, 1.54) is 70.3 Å². The van der Waals surface area contributed by atoms with Crippen molar-refractivity contribution in [1.82, 2.24) is 9.55 Å². The van der Waals surface area contributed by atoms with Crippen molar-refractivity contribution in [3.8, 4) is 17.3 Å². The van der Waals surface area contributed by atoms with Crippen LogP contribution in [0.5, 0.6) is 11.5 Å². The predicted octanol–water partition coefficient (Wildman–Crippen LogP) is 14.8. The van der Waals surface area contributed by atoms with Crippen molar-refractivity contribution >= 4 is 76.1 Å². The molecular weight excluding hydrogens is 729 g/mol. The molecule has 1 aliphatic heterocycles. The first-order valence-corrected chi connectivity index (χ1v) is 21.0. The van der Waals surface area contributed by atoms with E-state index < -0.39 is 0 Å². The summed E-state index contributed by atoms with van der Waals surface area (Å²) in [5.41, 5.74) is 12.2. The summed E-state index contributed by atoms with van der Waals surface area (Å²) in [6.07, 6.45) is 1.93. The number of aromatic nitrogens is 2. The topological polar surface area (TPSA) is 33.5 Å². The smallest absolute Gasteiger partial charge is 0.137 e. The number of aryl methyl sites for hydroxylation is 2. The minimum absolute atomic E-state index is 0.00486. The van der Waals surface area contributed by atoms with Crippen molar-refractivity contribution in [2.75, 3.05) is 16.5 Å². The third kappa shape index (κ3) is 5.92. The van der Waals surface area contributed by atoms with Gasteiger partial charge in [-0.2, -0.15) is 0 Å². The molecule has 0 aliphatic carbocycles. The molecule has 0 bridgehead atoms. The fourth-order valence-corrected chi connectivity index (χ4v) is 10.1. The van der Waals surface area contributed by atoms with Gasteiger partial charge in [-0.1, -0.05) is 102 Å². The minimum Gasteiger partial charge on any atom is -0.457 e. The van der Waals surface area contributed by atoms with Gasteiger partial charge >= 0.3 is 0 Å². The van der Waals surface area contributed by atoms with Gasteiger partial charge in [-0.05, 0) is 102 Å². The Morgan fingerprint density at radius 1 is 0.552 bits per heavy atom. The summed E-state index contributed by atoms with van der Waals surface area (Å²) in [7, 11) is 0. The van der Waals surface area contributed by atoms with Crippen molar-refractivity contribution in [3.05, 3.63) is 156 Å². The zero-order valence-corrected chi connectivity index (χ0v) is 35.3. The largest absolute Gasteiger partial charge is 0.457 e. The molecule has 0 saturated carbocycles. The first kappa shape index (κ1) is 36.2. The molecule has 0 unspecified atom stereocenters. The van der Waals surface area contributed by atoms with Crippen LogP contribution in [0.4, 0.5) is 22.7 Å². The van der Waals surface area contributed by atoms with Crippen LogP contribution in [0.25, 0.3) is 47.8 Å². The molecule has 4 heterocycles. The monoisotopic (exact) mass is 776 g/mol. The third-order valence-electron chi connectivity index (χ3n) is 11.8. The summed E-state index contributed by atoms with van der Waals surface area (Å²) >= 11 is 1.82. The number of nitrogens with zero attached hydrogens (tertiary/aromatic N) is 4. The average molecular weight is 777 g/mol. The Kier molecular flexibility index (Phi) is 8.26. The fourth-order valence-electron chi connectivity index (χ4n) is 8.91. The van der Waals surface area contributed by atoms with Gasteiger partial charge in [0.15, 0.2) is 0 Å². The van der Waals surface area contributed by atoms with Gasteiger partial charge in [0.05, 0.1) is 28.1 Å². The second-order valence-electron chi connectivity index (χ2n) is 17.9. The molecule has 0 radical (unpaired) electrons. The van der Waals surface area contributed by atoms with Gasteiger partial charge in [-0.15, -0.1) is 11.3 Å². The lowest BCUT2D eigenvalue weighted by molar-refractivity contribution is 0.484. The van der Waals surface area contributed by atoms with E-state index in [-0.39, 0.29) is 10.8 Å². The Balaban J connectivity index is 1.11. The van der Waals surface area contributed by atoms with E-state index in [0.717, 1.165) is 34.0 Å². The predicted molar refractivity (Wildman–Crippen MR) is 247 cm³/mol. The van der Waals surface area contributed by atoms with E-state index in [9.17, 15) is 0 Å². The maximum atomic E-state index is 6.97. The molecule has 9 aromatic rings. The number of rotatable bonds is 5. The number of thiophene rings is 1. The normalized spacial score (nSPS) is 13.4. The highest BCUT2D eigenvalue weighted by atomic mass is 32.1. The van der Waals surface area contributed by atoms with Gasteiger partial charge in [-0.25, -0.2) is 4.98 Å². The summed E-state index contributed by atoms with van der Waals surface area (Å²) < 4.78 is 11.7. The molecule has 0 fully saturated rings. The molecular formula is C52H48N4OS. The Morgan fingerprint density at radius 3 is 1.95 bits per heavy atom. The molecule has 0 N–H and O–H groups in total. The second kappa shape index (κ2) is 13.2. The highest BCUT2D eigenvalue weighted by Gasteiger charge is 2.32. The molecule has 6 aromatic carbocycles. The van der Waals surface area contributed by atoms with Gasteiger partial charge in [-0.3, -0.25) is 4.57 Å². The number of benzene rings is 6. The highest BCUT2D eigenvalue weighted by molar-refractivity contribution is 7.26. The lowest BCUT2D eigenvalue weighted by Gasteiger charge is -2.28. The van der Waals surface area contributed by atoms with Crippen molar-refractivity contribution in [2.24, 2.45) is 0 Å². The van der Waals surface area contributed by atoms with Crippen molar-refractivity contribution < 1.29 is 4.74 Å². The SMILES string of the molecule is Cc1cc(C(C)(C)C)cc(C)c1N1CN(c2cc(Oc3ccc4c5ccccc5n(-c5cc(C(C)(C)C)ccn5)c4c3)cc3sc4ccccc4c23)c2ccccc21. The highest BCUT2D eigenvalue weighted by Crippen LogP contribution is 2.51. The molecule has 58 heavy (non-hydrogen) atoms. The number of hydrogen-bond acceptors (Lipinski definition) is 5. The number of pyridine rings is 1. The average Bonchev–Trinajstić information content (AvgIpc) is 3.86. The number of ether oxygens (including phenoxy) is 1. The molecule has 10 rings (SSSR count). The molecule has 3 aromatic heterocycles. The Labute approximate surface area is 344 Å². The first-order valence-electron chi connectivity index (χ1n) is 20.2. The van der Waals surface area contributed by atoms with Crippen molar-refractivity contribution in [1.29, 1.82) is 0 Å². The van der Waals surface area contributed by atoms with Gasteiger partial charge in [0.2, 0.25) is 0 Å². The summed E-state index contributed by atoms with van der Waals surface area (Å²) in [5.74, 6) is 2.49. The fraction of sp³-hybridized carbons (Fsp3) is 0.212. The molecule has 0 amide bonds. The summed E-state index contributed by atoms with van der Waals surface area (Å²) in [4.78, 5) is 9.88. The number of fused-ring (bicyclic) bond motifs is 7. The lowest BCUT2D eigenvalue weighted by Crippen LogP contribution is -2.25. The Bertz CT molecular complexity index is 3060. The van der Waals surface area contributed by atoms with Crippen molar-refractivity contribution in [3.63, 3.8) is 0 Å². The van der Waals surface area contributed by atoms with E-state index in [0.29, 0.717) is 6.67 Å². The quantitative estimate of drug-likeness (QED) is 0.174. The zero-order valence-electron chi connectivity index (χ0n) is 34.5. The Morgan fingerprint density at radius 2 is 1.21 bits per heavy atom. The van der Waals surface area contributed by atoms with Gasteiger partial charge in [0.1, 0.15) is 24.0 Å². The van der Waals surface area contributed by atoms with Crippen LogP contribution in [0.2, 0.25) is 0 Å². The molecule has 0 saturated heterocycles. The molecule has 288 valence electrons. The second-order valence-corrected chi connectivity index (χ2v) is 19.0. The molecule has 0 atom stereocenters. The van der Waals surface area contributed by atoms with Crippen LogP contribution in [0.1, 0.15) is 63.8 Å². The summed E-state index contributed by atoms with van der Waals surface area (Å²) in [5, 5.41) is 4.87. The summed E-state index contributed by atoms with van der Waals surface area (Å²) in [6.45, 7) is 18.8. The van der Waals surface area contributed by atoms with Crippen LogP contribution in [-0.4, -0.2) is 16.2 Å². The number of anilines is 4.